The monoisotopic (exact) mass is 390 g/mol. The van der Waals surface area contributed by atoms with Crippen molar-refractivity contribution >= 4 is 27.4 Å². The van der Waals surface area contributed by atoms with Crippen LogP contribution < -0.4 is 10.6 Å². The Morgan fingerprint density at radius 3 is 2.78 bits per heavy atom. The highest BCUT2D eigenvalue weighted by Crippen LogP contribution is 2.23. The summed E-state index contributed by atoms with van der Waals surface area (Å²) < 4.78 is 23.5. The zero-order valence-electron chi connectivity index (χ0n) is 15.9. The maximum atomic E-state index is 12.2. The summed E-state index contributed by atoms with van der Waals surface area (Å²) in [5.41, 5.74) is 1.29. The second-order valence-corrected chi connectivity index (χ2v) is 9.69. The normalized spacial score (nSPS) is 18.4. The number of anilines is 1. The molecule has 1 aliphatic heterocycles. The number of carbonyl (C=O) groups is 1. The number of amides is 1. The maximum Gasteiger partial charge on any atom is 0.246 e. The average molecular weight is 391 g/mol. The van der Waals surface area contributed by atoms with Gasteiger partial charge in [-0.1, -0.05) is 12.0 Å². The number of sulfone groups is 1. The fourth-order valence-corrected chi connectivity index (χ4v) is 4.15. The number of aliphatic imine (C=N–C) groups is 1. The van der Waals surface area contributed by atoms with Crippen LogP contribution >= 0.6 is 0 Å². The van der Waals surface area contributed by atoms with E-state index in [9.17, 15) is 13.2 Å². The Morgan fingerprint density at radius 1 is 1.41 bits per heavy atom. The van der Waals surface area contributed by atoms with E-state index >= 15 is 0 Å². The van der Waals surface area contributed by atoms with Crippen LogP contribution in [0.5, 0.6) is 0 Å². The molecule has 1 saturated heterocycles. The van der Waals surface area contributed by atoms with Gasteiger partial charge in [-0.3, -0.25) is 4.79 Å². The van der Waals surface area contributed by atoms with Gasteiger partial charge in [0.1, 0.15) is 6.54 Å². The molecule has 0 bridgehead atoms. The van der Waals surface area contributed by atoms with Gasteiger partial charge in [0.15, 0.2) is 15.8 Å². The molecule has 1 heterocycles. The van der Waals surface area contributed by atoms with E-state index in [0.29, 0.717) is 36.8 Å². The minimum Gasteiger partial charge on any atom is -0.357 e. The molecule has 0 aromatic heterocycles. The highest BCUT2D eigenvalue weighted by molar-refractivity contribution is 7.92. The third-order valence-corrected chi connectivity index (χ3v) is 6.90. The predicted molar refractivity (Wildman–Crippen MR) is 108 cm³/mol. The number of nitrogens with zero attached hydrogens (tertiary/aromatic N) is 2. The molecule has 2 N–H and O–H groups in total. The first kappa shape index (κ1) is 20.8. The summed E-state index contributed by atoms with van der Waals surface area (Å²) in [5, 5.41) is 5.89. The van der Waals surface area contributed by atoms with Crippen molar-refractivity contribution in [3.63, 3.8) is 0 Å². The summed E-state index contributed by atoms with van der Waals surface area (Å²) in [4.78, 5) is 18.5. The molecule has 0 radical (unpaired) electrons. The third-order valence-electron chi connectivity index (χ3n) is 4.36. The van der Waals surface area contributed by atoms with E-state index in [1.807, 2.05) is 11.8 Å². The lowest BCUT2D eigenvalue weighted by atomic mass is 10.2. The molecule has 1 fully saturated rings. The third kappa shape index (κ3) is 5.23. The fraction of sp³-hybridized carbons (Fsp3) is 0.474. The number of guanidine groups is 1. The van der Waals surface area contributed by atoms with Gasteiger partial charge in [0.05, 0.1) is 10.5 Å². The van der Waals surface area contributed by atoms with Crippen molar-refractivity contribution in [2.45, 2.75) is 25.5 Å². The van der Waals surface area contributed by atoms with Gasteiger partial charge in [0.25, 0.3) is 0 Å². The molecule has 1 aromatic carbocycles. The molecule has 0 aliphatic carbocycles. The van der Waals surface area contributed by atoms with E-state index in [-0.39, 0.29) is 18.2 Å². The Morgan fingerprint density at radius 2 is 2.15 bits per heavy atom. The smallest absolute Gasteiger partial charge is 0.246 e. The second kappa shape index (κ2) is 8.44. The highest BCUT2D eigenvalue weighted by atomic mass is 32.2. The van der Waals surface area contributed by atoms with E-state index in [1.165, 1.54) is 0 Å². The van der Waals surface area contributed by atoms with Crippen LogP contribution in [0.2, 0.25) is 0 Å². The van der Waals surface area contributed by atoms with Crippen LogP contribution in [0.3, 0.4) is 0 Å². The van der Waals surface area contributed by atoms with Gasteiger partial charge < -0.3 is 15.5 Å². The SMILES string of the molecule is C#Cc1cccc(NC(=O)CN=C(NCC)N2CCS(=O)(=O)C(C)(C)C2)c1. The Labute approximate surface area is 161 Å². The van der Waals surface area contributed by atoms with Crippen molar-refractivity contribution < 1.29 is 13.2 Å². The molecule has 0 atom stereocenters. The second-order valence-electron chi connectivity index (χ2n) is 6.94. The Hall–Kier alpha value is -2.53. The first-order chi connectivity index (χ1) is 12.7. The number of carbonyl (C=O) groups excluding carboxylic acids is 1. The molecule has 27 heavy (non-hydrogen) atoms. The van der Waals surface area contributed by atoms with Gasteiger partial charge in [-0.15, -0.1) is 6.42 Å². The maximum absolute atomic E-state index is 12.2. The molecule has 2 rings (SSSR count). The number of rotatable bonds is 4. The number of hydrogen-bond acceptors (Lipinski definition) is 4. The fourth-order valence-electron chi connectivity index (χ4n) is 2.78. The summed E-state index contributed by atoms with van der Waals surface area (Å²) in [6.07, 6.45) is 5.36. The molecule has 7 nitrogen and oxygen atoms in total. The minimum atomic E-state index is -3.14. The molecule has 0 spiro atoms. The number of hydrogen-bond donors (Lipinski definition) is 2. The summed E-state index contributed by atoms with van der Waals surface area (Å²) in [5.74, 6) is 2.85. The Balaban J connectivity index is 2.07. The van der Waals surface area contributed by atoms with Crippen LogP contribution in [0.25, 0.3) is 0 Å². The number of benzene rings is 1. The summed E-state index contributed by atoms with van der Waals surface area (Å²) in [6.45, 7) is 6.57. The van der Waals surface area contributed by atoms with Crippen molar-refractivity contribution in [1.29, 1.82) is 0 Å². The lowest BCUT2D eigenvalue weighted by molar-refractivity contribution is -0.114. The van der Waals surface area contributed by atoms with Gasteiger partial charge in [0.2, 0.25) is 5.91 Å². The van der Waals surface area contributed by atoms with Crippen molar-refractivity contribution in [1.82, 2.24) is 10.2 Å². The highest BCUT2D eigenvalue weighted by Gasteiger charge is 2.40. The molecular formula is C19H26N4O3S. The molecule has 146 valence electrons. The number of nitrogens with one attached hydrogen (secondary N) is 2. The quantitative estimate of drug-likeness (QED) is 0.456. The molecule has 0 unspecified atom stereocenters. The zero-order valence-corrected chi connectivity index (χ0v) is 16.8. The summed E-state index contributed by atoms with van der Waals surface area (Å²) in [6, 6.07) is 7.02. The first-order valence-corrected chi connectivity index (χ1v) is 10.5. The topological polar surface area (TPSA) is 90.9 Å². The van der Waals surface area contributed by atoms with Gasteiger partial charge in [0, 0.05) is 30.9 Å². The van der Waals surface area contributed by atoms with Crippen molar-refractivity contribution in [2.75, 3.05) is 37.2 Å². The van der Waals surface area contributed by atoms with Crippen LogP contribution in [0.4, 0.5) is 5.69 Å². The van der Waals surface area contributed by atoms with Crippen LogP contribution in [-0.4, -0.2) is 61.9 Å². The minimum absolute atomic E-state index is 0.0650. The summed E-state index contributed by atoms with van der Waals surface area (Å²) >= 11 is 0. The largest absolute Gasteiger partial charge is 0.357 e. The van der Waals surface area contributed by atoms with Gasteiger partial charge in [-0.25, -0.2) is 13.4 Å². The Kier molecular flexibility index (Phi) is 6.50. The van der Waals surface area contributed by atoms with Crippen molar-refractivity contribution in [3.05, 3.63) is 29.8 Å². The van der Waals surface area contributed by atoms with E-state index < -0.39 is 14.6 Å². The average Bonchev–Trinajstić information content (AvgIpc) is 2.61. The molecular weight excluding hydrogens is 364 g/mol. The predicted octanol–water partition coefficient (Wildman–Crippen LogP) is 1.08. The Bertz CT molecular complexity index is 869. The van der Waals surface area contributed by atoms with E-state index in [4.69, 9.17) is 6.42 Å². The van der Waals surface area contributed by atoms with Crippen LogP contribution in [-0.2, 0) is 14.6 Å². The lowest BCUT2D eigenvalue weighted by Crippen LogP contribution is -2.57. The van der Waals surface area contributed by atoms with Crippen molar-refractivity contribution in [2.24, 2.45) is 4.99 Å². The van der Waals surface area contributed by atoms with Crippen LogP contribution in [0.1, 0.15) is 26.3 Å². The molecule has 8 heteroatoms. The number of terminal acetylenes is 1. The van der Waals surface area contributed by atoms with E-state index in [2.05, 4.69) is 21.5 Å². The van der Waals surface area contributed by atoms with Gasteiger partial charge in [-0.2, -0.15) is 0 Å². The van der Waals surface area contributed by atoms with Crippen LogP contribution in [0.15, 0.2) is 29.3 Å². The first-order valence-electron chi connectivity index (χ1n) is 8.80. The van der Waals surface area contributed by atoms with Crippen LogP contribution in [0, 0.1) is 12.3 Å². The summed E-state index contributed by atoms with van der Waals surface area (Å²) in [7, 11) is -3.14. The lowest BCUT2D eigenvalue weighted by Gasteiger charge is -2.39. The molecule has 1 aromatic rings. The molecule has 1 amide bonds. The van der Waals surface area contributed by atoms with Gasteiger partial charge >= 0.3 is 0 Å². The molecule has 1 aliphatic rings. The van der Waals surface area contributed by atoms with Gasteiger partial charge in [-0.05, 0) is 39.0 Å². The van der Waals surface area contributed by atoms with Crippen molar-refractivity contribution in [3.8, 4) is 12.3 Å². The van der Waals surface area contributed by atoms with E-state index in [0.717, 1.165) is 0 Å². The molecule has 0 saturated carbocycles. The zero-order chi connectivity index (χ0) is 20.1. The standard InChI is InChI=1S/C19H26N4O3S/c1-5-15-8-7-9-16(12-15)22-17(24)13-21-18(20-6-2)23-10-11-27(25,26)19(3,4)14-23/h1,7-9,12H,6,10-11,13-14H2,2-4H3,(H,20,21)(H,22,24). The van der Waals surface area contributed by atoms with E-state index in [1.54, 1.807) is 38.1 Å².